The fourth-order valence-electron chi connectivity index (χ4n) is 2.74. The summed E-state index contributed by atoms with van der Waals surface area (Å²) in [5.41, 5.74) is 0.742. The Morgan fingerprint density at radius 1 is 0.968 bits per heavy atom. The summed E-state index contributed by atoms with van der Waals surface area (Å²) in [7, 11) is -3.75. The zero-order valence-corrected chi connectivity index (χ0v) is 17.4. The van der Waals surface area contributed by atoms with Crippen molar-refractivity contribution in [2.75, 3.05) is 11.9 Å². The lowest BCUT2D eigenvalue weighted by Gasteiger charge is -2.12. The molecule has 3 aromatic rings. The molecule has 0 fully saturated rings. The van der Waals surface area contributed by atoms with E-state index in [1.54, 1.807) is 6.92 Å². The number of hydrogen-bond donors (Lipinski definition) is 2. The van der Waals surface area contributed by atoms with Gasteiger partial charge in [-0.1, -0.05) is 36.4 Å². The molecular formula is C22H20F2N2O4S. The Hall–Kier alpha value is -3.30. The first-order chi connectivity index (χ1) is 14.8. The zero-order chi connectivity index (χ0) is 22.4. The molecule has 6 nitrogen and oxygen atoms in total. The Morgan fingerprint density at radius 2 is 1.65 bits per heavy atom. The molecule has 9 heteroatoms. The van der Waals surface area contributed by atoms with Gasteiger partial charge in [0.15, 0.2) is 6.61 Å². The van der Waals surface area contributed by atoms with Crippen molar-refractivity contribution in [2.24, 2.45) is 0 Å². The van der Waals surface area contributed by atoms with Gasteiger partial charge >= 0.3 is 0 Å². The fourth-order valence-corrected chi connectivity index (χ4v) is 3.85. The fraction of sp³-hybridized carbons (Fsp3) is 0.136. The predicted molar refractivity (Wildman–Crippen MR) is 112 cm³/mol. The quantitative estimate of drug-likeness (QED) is 0.552. The largest absolute Gasteiger partial charge is 0.483 e. The van der Waals surface area contributed by atoms with Crippen molar-refractivity contribution in [1.29, 1.82) is 0 Å². The summed E-state index contributed by atoms with van der Waals surface area (Å²) < 4.78 is 60.1. The second-order valence-corrected chi connectivity index (χ2v) is 8.44. The summed E-state index contributed by atoms with van der Waals surface area (Å²) >= 11 is 0. The maximum absolute atomic E-state index is 13.6. The summed E-state index contributed by atoms with van der Waals surface area (Å²) in [6.07, 6.45) is 0. The number of carbonyl (C=O) groups is 1. The van der Waals surface area contributed by atoms with Crippen molar-refractivity contribution < 1.29 is 26.7 Å². The topological polar surface area (TPSA) is 84.5 Å². The number of rotatable bonds is 8. The number of halogens is 2. The van der Waals surface area contributed by atoms with E-state index in [2.05, 4.69) is 10.0 Å². The number of hydrogen-bond acceptors (Lipinski definition) is 4. The minimum absolute atomic E-state index is 0.0474. The van der Waals surface area contributed by atoms with Crippen LogP contribution in [-0.2, 0) is 21.4 Å². The first-order valence-electron chi connectivity index (χ1n) is 9.27. The van der Waals surface area contributed by atoms with Crippen LogP contribution in [0, 0.1) is 18.6 Å². The molecule has 2 N–H and O–H groups in total. The SMILES string of the molecule is Cc1cc(S(=O)(=O)NCc2ccccc2)ccc1OCC(=O)Nc1c(F)cccc1F. The van der Waals surface area contributed by atoms with Gasteiger partial charge in [-0.2, -0.15) is 0 Å². The number of para-hydroxylation sites is 1. The van der Waals surface area contributed by atoms with Crippen LogP contribution in [0.15, 0.2) is 71.6 Å². The van der Waals surface area contributed by atoms with E-state index in [0.717, 1.165) is 17.7 Å². The van der Waals surface area contributed by atoms with Crippen LogP contribution in [0.25, 0.3) is 0 Å². The third kappa shape index (κ3) is 5.87. The highest BCUT2D eigenvalue weighted by Crippen LogP contribution is 2.22. The van der Waals surface area contributed by atoms with Gasteiger partial charge in [-0.15, -0.1) is 0 Å². The van der Waals surface area contributed by atoms with Crippen molar-refractivity contribution in [3.63, 3.8) is 0 Å². The van der Waals surface area contributed by atoms with E-state index in [1.807, 2.05) is 30.3 Å². The van der Waals surface area contributed by atoms with E-state index >= 15 is 0 Å². The first kappa shape index (κ1) is 22.4. The van der Waals surface area contributed by atoms with Crippen molar-refractivity contribution in [3.8, 4) is 5.75 Å². The molecule has 0 radical (unpaired) electrons. The minimum Gasteiger partial charge on any atom is -0.483 e. The predicted octanol–water partition coefficient (Wildman–Crippen LogP) is 3.77. The summed E-state index contributed by atoms with van der Waals surface area (Å²) in [6.45, 7) is 1.26. The first-order valence-corrected chi connectivity index (χ1v) is 10.8. The molecule has 0 atom stereocenters. The van der Waals surface area contributed by atoms with Gasteiger partial charge in [-0.3, -0.25) is 4.79 Å². The van der Waals surface area contributed by atoms with E-state index in [1.165, 1.54) is 24.3 Å². The molecule has 0 saturated heterocycles. The molecule has 0 bridgehead atoms. The van der Waals surface area contributed by atoms with Crippen LogP contribution in [0.3, 0.4) is 0 Å². The van der Waals surface area contributed by atoms with Crippen molar-refractivity contribution in [3.05, 3.63) is 89.5 Å². The molecular weight excluding hydrogens is 426 g/mol. The summed E-state index contributed by atoms with van der Waals surface area (Å²) in [4.78, 5) is 12.0. The molecule has 31 heavy (non-hydrogen) atoms. The number of amides is 1. The van der Waals surface area contributed by atoms with Gasteiger partial charge < -0.3 is 10.1 Å². The molecule has 0 aliphatic heterocycles. The van der Waals surface area contributed by atoms with Crippen LogP contribution in [-0.4, -0.2) is 20.9 Å². The van der Waals surface area contributed by atoms with Crippen LogP contribution in [0.4, 0.5) is 14.5 Å². The molecule has 1 amide bonds. The standard InChI is InChI=1S/C22H20F2N2O4S/c1-15-12-17(31(28,29)25-13-16-6-3-2-4-7-16)10-11-20(15)30-14-21(27)26-22-18(23)8-5-9-19(22)24/h2-12,25H,13-14H2,1H3,(H,26,27). The summed E-state index contributed by atoms with van der Waals surface area (Å²) in [6, 6.07) is 16.5. The monoisotopic (exact) mass is 446 g/mol. The second-order valence-electron chi connectivity index (χ2n) is 6.67. The summed E-state index contributed by atoms with van der Waals surface area (Å²) in [5.74, 6) is -2.29. The summed E-state index contributed by atoms with van der Waals surface area (Å²) in [5, 5.41) is 2.12. The van der Waals surface area contributed by atoms with Crippen molar-refractivity contribution in [2.45, 2.75) is 18.4 Å². The average molecular weight is 446 g/mol. The minimum atomic E-state index is -3.75. The molecule has 3 rings (SSSR count). The lowest BCUT2D eigenvalue weighted by Crippen LogP contribution is -2.23. The molecule has 0 aliphatic rings. The lowest BCUT2D eigenvalue weighted by atomic mass is 10.2. The van der Waals surface area contributed by atoms with Gasteiger partial charge in [0.2, 0.25) is 10.0 Å². The maximum Gasteiger partial charge on any atom is 0.262 e. The lowest BCUT2D eigenvalue weighted by molar-refractivity contribution is -0.118. The molecule has 0 heterocycles. The number of aryl methyl sites for hydroxylation is 1. The molecule has 3 aromatic carbocycles. The van der Waals surface area contributed by atoms with E-state index in [-0.39, 0.29) is 17.2 Å². The van der Waals surface area contributed by atoms with Crippen molar-refractivity contribution in [1.82, 2.24) is 4.72 Å². The molecule has 0 saturated carbocycles. The Balaban J connectivity index is 1.62. The Bertz CT molecular complexity index is 1170. The normalized spacial score (nSPS) is 11.2. The van der Waals surface area contributed by atoms with Crippen LogP contribution in [0.1, 0.15) is 11.1 Å². The van der Waals surface area contributed by atoms with Crippen LogP contribution in [0.2, 0.25) is 0 Å². The number of nitrogens with one attached hydrogen (secondary N) is 2. The number of ether oxygens (including phenoxy) is 1. The number of sulfonamides is 1. The molecule has 0 aromatic heterocycles. The smallest absolute Gasteiger partial charge is 0.262 e. The Kier molecular flexibility index (Phi) is 6.98. The van der Waals surface area contributed by atoms with Gasteiger partial charge in [-0.25, -0.2) is 21.9 Å². The number of benzene rings is 3. The highest BCUT2D eigenvalue weighted by Gasteiger charge is 2.16. The maximum atomic E-state index is 13.6. The van der Waals surface area contributed by atoms with E-state index in [4.69, 9.17) is 4.74 Å². The van der Waals surface area contributed by atoms with E-state index in [9.17, 15) is 22.0 Å². The van der Waals surface area contributed by atoms with Crippen LogP contribution in [0.5, 0.6) is 5.75 Å². The van der Waals surface area contributed by atoms with Crippen LogP contribution < -0.4 is 14.8 Å². The van der Waals surface area contributed by atoms with Gasteiger partial charge in [0.05, 0.1) is 4.90 Å². The molecule has 0 spiro atoms. The Labute approximate surface area is 178 Å². The molecule has 162 valence electrons. The number of carbonyl (C=O) groups excluding carboxylic acids is 1. The van der Waals surface area contributed by atoms with Gasteiger partial charge in [0.25, 0.3) is 5.91 Å². The third-order valence-corrected chi connectivity index (χ3v) is 5.75. The highest BCUT2D eigenvalue weighted by atomic mass is 32.2. The Morgan fingerprint density at radius 3 is 2.29 bits per heavy atom. The van der Waals surface area contributed by atoms with Gasteiger partial charge in [-0.05, 0) is 48.4 Å². The van der Waals surface area contributed by atoms with Crippen molar-refractivity contribution >= 4 is 21.6 Å². The van der Waals surface area contributed by atoms with Gasteiger partial charge in [0.1, 0.15) is 23.1 Å². The number of anilines is 1. The average Bonchev–Trinajstić information content (AvgIpc) is 2.75. The van der Waals surface area contributed by atoms with E-state index in [0.29, 0.717) is 5.56 Å². The van der Waals surface area contributed by atoms with Gasteiger partial charge in [0, 0.05) is 6.54 Å². The molecule has 0 unspecified atom stereocenters. The van der Waals surface area contributed by atoms with E-state index < -0.39 is 39.9 Å². The zero-order valence-electron chi connectivity index (χ0n) is 16.6. The highest BCUT2D eigenvalue weighted by molar-refractivity contribution is 7.89. The van der Waals surface area contributed by atoms with Crippen LogP contribution >= 0.6 is 0 Å². The third-order valence-electron chi connectivity index (χ3n) is 4.35. The molecule has 0 aliphatic carbocycles. The second kappa shape index (κ2) is 9.67.